The fourth-order valence-electron chi connectivity index (χ4n) is 2.08. The van der Waals surface area contributed by atoms with Gasteiger partial charge in [0.15, 0.2) is 0 Å². The van der Waals surface area contributed by atoms with Crippen molar-refractivity contribution in [3.63, 3.8) is 0 Å². The lowest BCUT2D eigenvalue weighted by atomic mass is 10.1. The van der Waals surface area contributed by atoms with Gasteiger partial charge in [-0.2, -0.15) is 0 Å². The molecule has 0 aliphatic heterocycles. The predicted molar refractivity (Wildman–Crippen MR) is 82.9 cm³/mol. The van der Waals surface area contributed by atoms with Crippen LogP contribution in [0.25, 0.3) is 0 Å². The van der Waals surface area contributed by atoms with Crippen LogP contribution in [-0.2, 0) is 17.6 Å². The summed E-state index contributed by atoms with van der Waals surface area (Å²) in [7, 11) is 0. The minimum atomic E-state index is 0.0517. The Morgan fingerprint density at radius 1 is 1.35 bits per heavy atom. The molecule has 0 fully saturated rings. The lowest BCUT2D eigenvalue weighted by Crippen LogP contribution is -2.34. The SMILES string of the molecule is Cc1nc(CC(=O)N[C@H](C)CCc2ccccc2)cs1. The molecule has 1 heterocycles. The van der Waals surface area contributed by atoms with Gasteiger partial charge in [0.05, 0.1) is 17.1 Å². The van der Waals surface area contributed by atoms with E-state index in [4.69, 9.17) is 0 Å². The lowest BCUT2D eigenvalue weighted by Gasteiger charge is -2.13. The second-order valence-corrected chi connectivity index (χ2v) is 6.09. The van der Waals surface area contributed by atoms with Gasteiger partial charge in [-0.15, -0.1) is 11.3 Å². The first-order chi connectivity index (χ1) is 9.63. The van der Waals surface area contributed by atoms with Crippen LogP contribution in [0.15, 0.2) is 35.7 Å². The molecule has 1 aromatic carbocycles. The highest BCUT2D eigenvalue weighted by Gasteiger charge is 2.10. The summed E-state index contributed by atoms with van der Waals surface area (Å²) in [6.45, 7) is 4.00. The van der Waals surface area contributed by atoms with Gasteiger partial charge in [0.2, 0.25) is 5.91 Å². The molecule has 0 spiro atoms. The van der Waals surface area contributed by atoms with Crippen molar-refractivity contribution in [3.8, 4) is 0 Å². The van der Waals surface area contributed by atoms with Gasteiger partial charge in [-0.1, -0.05) is 30.3 Å². The highest BCUT2D eigenvalue weighted by Crippen LogP contribution is 2.09. The topological polar surface area (TPSA) is 42.0 Å². The van der Waals surface area contributed by atoms with Gasteiger partial charge in [0.1, 0.15) is 0 Å². The molecular weight excluding hydrogens is 268 g/mol. The summed E-state index contributed by atoms with van der Waals surface area (Å²) >= 11 is 1.58. The van der Waals surface area contributed by atoms with E-state index in [1.54, 1.807) is 11.3 Å². The summed E-state index contributed by atoms with van der Waals surface area (Å²) in [6, 6.07) is 10.5. The Morgan fingerprint density at radius 2 is 2.10 bits per heavy atom. The van der Waals surface area contributed by atoms with Crippen LogP contribution >= 0.6 is 11.3 Å². The average Bonchev–Trinajstić information content (AvgIpc) is 2.83. The second-order valence-electron chi connectivity index (χ2n) is 5.03. The van der Waals surface area contributed by atoms with E-state index in [9.17, 15) is 4.79 Å². The van der Waals surface area contributed by atoms with Crippen LogP contribution in [0.3, 0.4) is 0 Å². The zero-order chi connectivity index (χ0) is 14.4. The first kappa shape index (κ1) is 14.7. The highest BCUT2D eigenvalue weighted by molar-refractivity contribution is 7.09. The molecule has 0 aliphatic carbocycles. The molecule has 1 amide bonds. The highest BCUT2D eigenvalue weighted by atomic mass is 32.1. The molecule has 20 heavy (non-hydrogen) atoms. The Balaban J connectivity index is 1.73. The van der Waals surface area contributed by atoms with Gasteiger partial charge in [0.25, 0.3) is 0 Å². The van der Waals surface area contributed by atoms with Crippen molar-refractivity contribution in [1.29, 1.82) is 0 Å². The van der Waals surface area contributed by atoms with Crippen LogP contribution in [0.2, 0.25) is 0 Å². The molecule has 106 valence electrons. The number of hydrogen-bond donors (Lipinski definition) is 1. The molecule has 0 unspecified atom stereocenters. The number of rotatable bonds is 6. The minimum Gasteiger partial charge on any atom is -0.353 e. The first-order valence-electron chi connectivity index (χ1n) is 6.88. The maximum Gasteiger partial charge on any atom is 0.226 e. The Kier molecular flexibility index (Phi) is 5.30. The van der Waals surface area contributed by atoms with E-state index in [0.717, 1.165) is 23.5 Å². The van der Waals surface area contributed by atoms with E-state index >= 15 is 0 Å². The third kappa shape index (κ3) is 4.78. The minimum absolute atomic E-state index is 0.0517. The molecule has 0 aliphatic rings. The molecule has 1 atom stereocenters. The number of benzene rings is 1. The number of nitrogens with zero attached hydrogens (tertiary/aromatic N) is 1. The Morgan fingerprint density at radius 3 is 2.75 bits per heavy atom. The number of hydrogen-bond acceptors (Lipinski definition) is 3. The molecule has 0 saturated heterocycles. The van der Waals surface area contributed by atoms with Crippen LogP contribution in [0, 0.1) is 6.92 Å². The number of amides is 1. The normalized spacial score (nSPS) is 12.1. The fourth-order valence-corrected chi connectivity index (χ4v) is 2.69. The number of aromatic nitrogens is 1. The van der Waals surface area contributed by atoms with Crippen LogP contribution in [-0.4, -0.2) is 16.9 Å². The van der Waals surface area contributed by atoms with E-state index in [0.29, 0.717) is 6.42 Å². The predicted octanol–water partition coefficient (Wildman–Crippen LogP) is 3.13. The summed E-state index contributed by atoms with van der Waals surface area (Å²) < 4.78 is 0. The number of carbonyl (C=O) groups excluding carboxylic acids is 1. The van der Waals surface area contributed by atoms with Crippen molar-refractivity contribution >= 4 is 17.2 Å². The number of thiazole rings is 1. The van der Waals surface area contributed by atoms with Crippen LogP contribution in [0.4, 0.5) is 0 Å². The standard InChI is InChI=1S/C16H20N2OS/c1-12(8-9-14-6-4-3-5-7-14)17-16(19)10-15-11-20-13(2)18-15/h3-7,11-12H,8-10H2,1-2H3,(H,17,19)/t12-/m1/s1. The Bertz CT molecular complexity index is 551. The van der Waals surface area contributed by atoms with Crippen molar-refractivity contribution in [2.75, 3.05) is 0 Å². The van der Waals surface area contributed by atoms with Crippen LogP contribution in [0.5, 0.6) is 0 Å². The van der Waals surface area contributed by atoms with Crippen molar-refractivity contribution in [3.05, 3.63) is 52.0 Å². The van der Waals surface area contributed by atoms with Crippen molar-refractivity contribution in [2.45, 2.75) is 39.2 Å². The van der Waals surface area contributed by atoms with Gasteiger partial charge < -0.3 is 5.32 Å². The smallest absolute Gasteiger partial charge is 0.226 e. The largest absolute Gasteiger partial charge is 0.353 e. The quantitative estimate of drug-likeness (QED) is 0.887. The van der Waals surface area contributed by atoms with E-state index in [-0.39, 0.29) is 11.9 Å². The monoisotopic (exact) mass is 288 g/mol. The van der Waals surface area contributed by atoms with E-state index in [1.807, 2.05) is 37.4 Å². The molecule has 0 radical (unpaired) electrons. The molecule has 0 saturated carbocycles. The summed E-state index contributed by atoms with van der Waals surface area (Å²) in [5.41, 5.74) is 2.17. The van der Waals surface area contributed by atoms with E-state index in [1.165, 1.54) is 5.56 Å². The van der Waals surface area contributed by atoms with Gasteiger partial charge in [-0.05, 0) is 32.3 Å². The number of aryl methyl sites for hydroxylation is 2. The summed E-state index contributed by atoms with van der Waals surface area (Å²) in [4.78, 5) is 16.2. The number of carbonyl (C=O) groups is 1. The third-order valence-corrected chi connectivity index (χ3v) is 3.95. The zero-order valence-electron chi connectivity index (χ0n) is 11.9. The first-order valence-corrected chi connectivity index (χ1v) is 7.76. The third-order valence-electron chi connectivity index (χ3n) is 3.12. The van der Waals surface area contributed by atoms with Gasteiger partial charge in [0, 0.05) is 11.4 Å². The van der Waals surface area contributed by atoms with Gasteiger partial charge in [-0.25, -0.2) is 4.98 Å². The summed E-state index contributed by atoms with van der Waals surface area (Å²) in [5, 5.41) is 5.99. The zero-order valence-corrected chi connectivity index (χ0v) is 12.7. The van der Waals surface area contributed by atoms with Crippen molar-refractivity contribution in [2.24, 2.45) is 0 Å². The van der Waals surface area contributed by atoms with Crippen LogP contribution in [0.1, 0.15) is 29.6 Å². The van der Waals surface area contributed by atoms with E-state index < -0.39 is 0 Å². The maximum atomic E-state index is 11.9. The lowest BCUT2D eigenvalue weighted by molar-refractivity contribution is -0.121. The molecular formula is C16H20N2OS. The average molecular weight is 288 g/mol. The molecule has 3 nitrogen and oxygen atoms in total. The molecule has 1 N–H and O–H groups in total. The van der Waals surface area contributed by atoms with Gasteiger partial charge in [-0.3, -0.25) is 4.79 Å². The molecule has 4 heteroatoms. The maximum absolute atomic E-state index is 11.9. The summed E-state index contributed by atoms with van der Waals surface area (Å²) in [5.74, 6) is 0.0517. The second kappa shape index (κ2) is 7.20. The van der Waals surface area contributed by atoms with Crippen molar-refractivity contribution in [1.82, 2.24) is 10.3 Å². The molecule has 1 aromatic heterocycles. The number of nitrogens with one attached hydrogen (secondary N) is 1. The van der Waals surface area contributed by atoms with Gasteiger partial charge >= 0.3 is 0 Å². The Labute approximate surface area is 124 Å². The van der Waals surface area contributed by atoms with Crippen LogP contribution < -0.4 is 5.32 Å². The summed E-state index contributed by atoms with van der Waals surface area (Å²) in [6.07, 6.45) is 2.31. The fraction of sp³-hybridized carbons (Fsp3) is 0.375. The molecule has 2 aromatic rings. The van der Waals surface area contributed by atoms with E-state index in [2.05, 4.69) is 22.4 Å². The Hall–Kier alpha value is -1.68. The van der Waals surface area contributed by atoms with Crippen molar-refractivity contribution < 1.29 is 4.79 Å². The molecule has 0 bridgehead atoms. The molecule has 2 rings (SSSR count).